The lowest BCUT2D eigenvalue weighted by molar-refractivity contribution is 0.304. The van der Waals surface area contributed by atoms with Crippen LogP contribution in [0.5, 0.6) is 0 Å². The van der Waals surface area contributed by atoms with Gasteiger partial charge in [0.25, 0.3) is 0 Å². The topological polar surface area (TPSA) is 12.0 Å². The van der Waals surface area contributed by atoms with E-state index >= 15 is 0 Å². The quantitative estimate of drug-likeness (QED) is 0.676. The van der Waals surface area contributed by atoms with Gasteiger partial charge in [0.05, 0.1) is 0 Å². The minimum absolute atomic E-state index is 0.257. The van der Waals surface area contributed by atoms with Crippen LogP contribution in [0.15, 0.2) is 0 Å². The third-order valence-electron chi connectivity index (χ3n) is 2.88. The van der Waals surface area contributed by atoms with Crippen LogP contribution in [-0.2, 0) is 0 Å². The largest absolute Gasteiger partial charge is 0.312 e. The Bertz CT molecular complexity index is 165. The molecule has 1 atom stereocenters. The maximum Gasteiger partial charge on any atom is 0.00966 e. The highest BCUT2D eigenvalue weighted by Crippen LogP contribution is 2.20. The smallest absolute Gasteiger partial charge is 0.00966 e. The Morgan fingerprint density at radius 2 is 1.44 bits per heavy atom. The average molecular weight is 227 g/mol. The maximum atomic E-state index is 3.65. The molecular formula is C15H33N. The van der Waals surface area contributed by atoms with Gasteiger partial charge in [0, 0.05) is 5.54 Å². The molecule has 0 spiro atoms. The molecule has 0 aliphatic heterocycles. The lowest BCUT2D eigenvalue weighted by Crippen LogP contribution is -2.39. The SMILES string of the molecule is CC(C)CCC(CNC(C)(C)C)CC(C)C. The van der Waals surface area contributed by atoms with Crippen LogP contribution in [0.25, 0.3) is 0 Å². The molecule has 0 aliphatic rings. The van der Waals surface area contributed by atoms with Crippen LogP contribution in [0.3, 0.4) is 0 Å². The van der Waals surface area contributed by atoms with Gasteiger partial charge in [-0.25, -0.2) is 0 Å². The Labute approximate surface area is 103 Å². The predicted molar refractivity (Wildman–Crippen MR) is 74.8 cm³/mol. The van der Waals surface area contributed by atoms with Crippen molar-refractivity contribution >= 4 is 0 Å². The fraction of sp³-hybridized carbons (Fsp3) is 1.00. The molecule has 1 N–H and O–H groups in total. The molecular weight excluding hydrogens is 194 g/mol. The summed E-state index contributed by atoms with van der Waals surface area (Å²) in [6, 6.07) is 0. The van der Waals surface area contributed by atoms with E-state index in [9.17, 15) is 0 Å². The molecule has 0 fully saturated rings. The van der Waals surface area contributed by atoms with Crippen LogP contribution in [0.4, 0.5) is 0 Å². The zero-order valence-electron chi connectivity index (χ0n) is 12.6. The highest BCUT2D eigenvalue weighted by molar-refractivity contribution is 4.74. The molecule has 0 amide bonds. The minimum atomic E-state index is 0.257. The summed E-state index contributed by atoms with van der Waals surface area (Å²) >= 11 is 0. The molecule has 0 aromatic carbocycles. The van der Waals surface area contributed by atoms with Crippen LogP contribution < -0.4 is 5.32 Å². The Balaban J connectivity index is 4.00. The van der Waals surface area contributed by atoms with Gasteiger partial charge >= 0.3 is 0 Å². The third-order valence-corrected chi connectivity index (χ3v) is 2.88. The molecule has 0 bridgehead atoms. The van der Waals surface area contributed by atoms with Crippen LogP contribution in [0.2, 0.25) is 0 Å². The van der Waals surface area contributed by atoms with Crippen LogP contribution in [-0.4, -0.2) is 12.1 Å². The molecule has 1 heteroatoms. The number of hydrogen-bond donors (Lipinski definition) is 1. The van der Waals surface area contributed by atoms with E-state index in [1.54, 1.807) is 0 Å². The van der Waals surface area contributed by atoms with Crippen molar-refractivity contribution < 1.29 is 0 Å². The van der Waals surface area contributed by atoms with Gasteiger partial charge in [0.15, 0.2) is 0 Å². The van der Waals surface area contributed by atoms with E-state index in [1.807, 2.05) is 0 Å². The number of nitrogens with one attached hydrogen (secondary N) is 1. The zero-order chi connectivity index (χ0) is 12.8. The summed E-state index contributed by atoms with van der Waals surface area (Å²) in [5.74, 6) is 2.50. The van der Waals surface area contributed by atoms with Gasteiger partial charge in [0.2, 0.25) is 0 Å². The van der Waals surface area contributed by atoms with Gasteiger partial charge in [-0.05, 0) is 57.9 Å². The maximum absolute atomic E-state index is 3.65. The van der Waals surface area contributed by atoms with E-state index in [0.717, 1.165) is 17.8 Å². The van der Waals surface area contributed by atoms with Gasteiger partial charge in [-0.1, -0.05) is 34.1 Å². The molecule has 0 aliphatic carbocycles. The highest BCUT2D eigenvalue weighted by atomic mass is 14.9. The fourth-order valence-electron chi connectivity index (χ4n) is 1.99. The van der Waals surface area contributed by atoms with Crippen molar-refractivity contribution in [3.8, 4) is 0 Å². The van der Waals surface area contributed by atoms with Crippen molar-refractivity contribution in [2.45, 2.75) is 73.3 Å². The molecule has 0 aromatic rings. The molecule has 98 valence electrons. The van der Waals surface area contributed by atoms with E-state index in [-0.39, 0.29) is 5.54 Å². The Morgan fingerprint density at radius 3 is 1.81 bits per heavy atom. The zero-order valence-corrected chi connectivity index (χ0v) is 12.6. The Hall–Kier alpha value is -0.0400. The Morgan fingerprint density at radius 1 is 0.875 bits per heavy atom. The van der Waals surface area contributed by atoms with E-state index < -0.39 is 0 Å². The first-order valence-corrected chi connectivity index (χ1v) is 6.95. The van der Waals surface area contributed by atoms with E-state index in [4.69, 9.17) is 0 Å². The molecule has 0 rings (SSSR count). The third kappa shape index (κ3) is 10.5. The lowest BCUT2D eigenvalue weighted by Gasteiger charge is -2.26. The normalized spacial score (nSPS) is 14.8. The summed E-state index contributed by atoms with van der Waals surface area (Å²) in [5, 5.41) is 3.65. The summed E-state index contributed by atoms with van der Waals surface area (Å²) < 4.78 is 0. The highest BCUT2D eigenvalue weighted by Gasteiger charge is 2.15. The summed E-state index contributed by atoms with van der Waals surface area (Å²) in [6.45, 7) is 17.2. The summed E-state index contributed by atoms with van der Waals surface area (Å²) in [4.78, 5) is 0. The second kappa shape index (κ2) is 7.32. The molecule has 1 unspecified atom stereocenters. The molecule has 1 nitrogen and oxygen atoms in total. The molecule has 0 radical (unpaired) electrons. The number of rotatable bonds is 7. The lowest BCUT2D eigenvalue weighted by atomic mass is 9.89. The van der Waals surface area contributed by atoms with Crippen molar-refractivity contribution in [2.24, 2.45) is 17.8 Å². The van der Waals surface area contributed by atoms with Gasteiger partial charge in [0.1, 0.15) is 0 Å². The second-order valence-corrected chi connectivity index (χ2v) is 7.10. The first kappa shape index (κ1) is 16.0. The molecule has 0 aromatic heterocycles. The summed E-state index contributed by atoms with van der Waals surface area (Å²) in [5.41, 5.74) is 0.257. The average Bonchev–Trinajstić information content (AvgIpc) is 2.07. The monoisotopic (exact) mass is 227 g/mol. The van der Waals surface area contributed by atoms with Crippen LogP contribution in [0.1, 0.15) is 67.7 Å². The van der Waals surface area contributed by atoms with Crippen molar-refractivity contribution in [1.29, 1.82) is 0 Å². The fourth-order valence-corrected chi connectivity index (χ4v) is 1.99. The molecule has 0 heterocycles. The van der Waals surface area contributed by atoms with Gasteiger partial charge in [-0.15, -0.1) is 0 Å². The minimum Gasteiger partial charge on any atom is -0.312 e. The van der Waals surface area contributed by atoms with Crippen molar-refractivity contribution in [3.63, 3.8) is 0 Å². The van der Waals surface area contributed by atoms with Gasteiger partial charge < -0.3 is 5.32 Å². The first-order valence-electron chi connectivity index (χ1n) is 6.95. The standard InChI is InChI=1S/C15H33N/c1-12(2)8-9-14(10-13(3)4)11-16-15(5,6)7/h12-14,16H,8-11H2,1-7H3. The van der Waals surface area contributed by atoms with Gasteiger partial charge in [-0.2, -0.15) is 0 Å². The molecule has 0 saturated carbocycles. The van der Waals surface area contributed by atoms with Crippen LogP contribution >= 0.6 is 0 Å². The molecule has 0 saturated heterocycles. The van der Waals surface area contributed by atoms with Crippen molar-refractivity contribution in [2.75, 3.05) is 6.54 Å². The second-order valence-electron chi connectivity index (χ2n) is 7.10. The summed E-state index contributed by atoms with van der Waals surface area (Å²) in [6.07, 6.45) is 4.10. The van der Waals surface area contributed by atoms with Gasteiger partial charge in [-0.3, -0.25) is 0 Å². The predicted octanol–water partition coefficient (Wildman–Crippen LogP) is 4.47. The number of hydrogen-bond acceptors (Lipinski definition) is 1. The van der Waals surface area contributed by atoms with E-state index in [0.29, 0.717) is 0 Å². The summed E-state index contributed by atoms with van der Waals surface area (Å²) in [7, 11) is 0. The first-order chi connectivity index (χ1) is 7.20. The van der Waals surface area contributed by atoms with Crippen LogP contribution in [0, 0.1) is 17.8 Å². The van der Waals surface area contributed by atoms with E-state index in [2.05, 4.69) is 53.8 Å². The van der Waals surface area contributed by atoms with Crippen molar-refractivity contribution in [1.82, 2.24) is 5.32 Å². The molecule has 16 heavy (non-hydrogen) atoms. The van der Waals surface area contributed by atoms with Crippen molar-refractivity contribution in [3.05, 3.63) is 0 Å². The Kier molecular flexibility index (Phi) is 7.30. The van der Waals surface area contributed by atoms with E-state index in [1.165, 1.54) is 25.8 Å².